The molecule has 0 saturated heterocycles. The molecule has 0 bridgehead atoms. The van der Waals surface area contributed by atoms with Crippen LogP contribution in [0.1, 0.15) is 11.1 Å². The molecule has 0 aromatic heterocycles. The maximum atomic E-state index is 9.61. The van der Waals surface area contributed by atoms with Crippen molar-refractivity contribution in [2.45, 2.75) is 13.2 Å². The third-order valence-corrected chi connectivity index (χ3v) is 3.38. The van der Waals surface area contributed by atoms with Crippen LogP contribution in [0.3, 0.4) is 0 Å². The highest BCUT2D eigenvalue weighted by molar-refractivity contribution is 6.02. The summed E-state index contributed by atoms with van der Waals surface area (Å²) in [6.07, 6.45) is 0. The highest BCUT2D eigenvalue weighted by Crippen LogP contribution is 2.29. The topological polar surface area (TPSA) is 40.5 Å². The Labute approximate surface area is 105 Å². The zero-order valence-corrected chi connectivity index (χ0v) is 9.93. The summed E-state index contributed by atoms with van der Waals surface area (Å²) in [6.45, 7) is 0.0630. The number of aliphatic hydroxyl groups excluding tert-OH is 2. The Kier molecular flexibility index (Phi) is 2.74. The van der Waals surface area contributed by atoms with Crippen LogP contribution in [-0.2, 0) is 13.2 Å². The molecule has 0 aliphatic rings. The maximum absolute atomic E-state index is 9.61. The maximum Gasteiger partial charge on any atom is 0.0693 e. The number of hydrogen-bond acceptors (Lipinski definition) is 2. The molecular formula is C16H14O2. The normalized spacial score (nSPS) is 11.2. The fourth-order valence-electron chi connectivity index (χ4n) is 2.49. The number of fused-ring (bicyclic) bond motifs is 2. The second-order valence-corrected chi connectivity index (χ2v) is 4.45. The van der Waals surface area contributed by atoms with E-state index in [1.807, 2.05) is 42.5 Å². The van der Waals surface area contributed by atoms with Crippen LogP contribution in [0.25, 0.3) is 21.5 Å². The Morgan fingerprint density at radius 1 is 0.722 bits per heavy atom. The molecule has 0 amide bonds. The third-order valence-electron chi connectivity index (χ3n) is 3.38. The van der Waals surface area contributed by atoms with Gasteiger partial charge in [0.05, 0.1) is 13.2 Å². The lowest BCUT2D eigenvalue weighted by Crippen LogP contribution is -1.91. The van der Waals surface area contributed by atoms with Crippen molar-refractivity contribution >= 4 is 21.5 Å². The standard InChI is InChI=1S/C16H14O2/c17-9-11-5-6-15-13(7-11)8-12-3-1-2-4-14(12)16(15)10-18/h1-8,17-18H,9-10H2. The quantitative estimate of drug-likeness (QED) is 0.674. The average Bonchev–Trinajstić information content (AvgIpc) is 2.44. The molecule has 0 aliphatic heterocycles. The third kappa shape index (κ3) is 1.67. The summed E-state index contributed by atoms with van der Waals surface area (Å²) in [6, 6.07) is 16.0. The first-order valence-electron chi connectivity index (χ1n) is 5.98. The van der Waals surface area contributed by atoms with E-state index in [-0.39, 0.29) is 13.2 Å². The fourth-order valence-corrected chi connectivity index (χ4v) is 2.49. The van der Waals surface area contributed by atoms with Gasteiger partial charge in [-0.25, -0.2) is 0 Å². The van der Waals surface area contributed by atoms with E-state index in [4.69, 9.17) is 0 Å². The minimum atomic E-state index is 0.0241. The van der Waals surface area contributed by atoms with Crippen LogP contribution in [-0.4, -0.2) is 10.2 Å². The molecule has 2 N–H and O–H groups in total. The molecule has 2 heteroatoms. The van der Waals surface area contributed by atoms with E-state index >= 15 is 0 Å². The first-order chi connectivity index (χ1) is 8.83. The molecule has 0 unspecified atom stereocenters. The fraction of sp³-hybridized carbons (Fsp3) is 0.125. The lowest BCUT2D eigenvalue weighted by molar-refractivity contribution is 0.282. The van der Waals surface area contributed by atoms with Gasteiger partial charge in [0.15, 0.2) is 0 Å². The Morgan fingerprint density at radius 3 is 2.28 bits per heavy atom. The number of rotatable bonds is 2. The van der Waals surface area contributed by atoms with Crippen molar-refractivity contribution in [3.05, 3.63) is 59.7 Å². The molecule has 2 nitrogen and oxygen atoms in total. The number of aliphatic hydroxyl groups is 2. The van der Waals surface area contributed by atoms with E-state index < -0.39 is 0 Å². The monoisotopic (exact) mass is 238 g/mol. The Bertz CT molecular complexity index is 717. The zero-order chi connectivity index (χ0) is 12.5. The summed E-state index contributed by atoms with van der Waals surface area (Å²) in [5, 5.41) is 23.1. The Morgan fingerprint density at radius 2 is 1.50 bits per heavy atom. The van der Waals surface area contributed by atoms with E-state index in [0.29, 0.717) is 0 Å². The predicted molar refractivity (Wildman–Crippen MR) is 73.3 cm³/mol. The van der Waals surface area contributed by atoms with Crippen molar-refractivity contribution < 1.29 is 10.2 Å². The highest BCUT2D eigenvalue weighted by Gasteiger charge is 2.06. The Hall–Kier alpha value is -1.90. The Balaban J connectivity index is 2.45. The summed E-state index contributed by atoms with van der Waals surface area (Å²) >= 11 is 0. The van der Waals surface area contributed by atoms with Crippen molar-refractivity contribution in [3.8, 4) is 0 Å². The van der Waals surface area contributed by atoms with Crippen molar-refractivity contribution in [3.63, 3.8) is 0 Å². The van der Waals surface area contributed by atoms with Gasteiger partial charge in [-0.05, 0) is 44.8 Å². The molecule has 0 spiro atoms. The van der Waals surface area contributed by atoms with E-state index in [0.717, 1.165) is 32.7 Å². The second-order valence-electron chi connectivity index (χ2n) is 4.45. The highest BCUT2D eigenvalue weighted by atomic mass is 16.3. The van der Waals surface area contributed by atoms with Gasteiger partial charge in [-0.1, -0.05) is 36.4 Å². The number of benzene rings is 3. The van der Waals surface area contributed by atoms with Crippen LogP contribution in [0.2, 0.25) is 0 Å². The van der Waals surface area contributed by atoms with Gasteiger partial charge in [0.1, 0.15) is 0 Å². The van der Waals surface area contributed by atoms with Crippen molar-refractivity contribution in [1.82, 2.24) is 0 Å². The second kappa shape index (κ2) is 4.41. The van der Waals surface area contributed by atoms with Crippen LogP contribution < -0.4 is 0 Å². The van der Waals surface area contributed by atoms with Gasteiger partial charge in [0.25, 0.3) is 0 Å². The molecule has 3 aromatic carbocycles. The van der Waals surface area contributed by atoms with Crippen LogP contribution in [0, 0.1) is 0 Å². The first kappa shape index (κ1) is 11.2. The SMILES string of the molecule is OCc1ccc2c(CO)c3ccccc3cc2c1. The summed E-state index contributed by atoms with van der Waals surface area (Å²) in [5.74, 6) is 0. The van der Waals surface area contributed by atoms with Crippen LogP contribution >= 0.6 is 0 Å². The van der Waals surface area contributed by atoms with E-state index in [1.165, 1.54) is 0 Å². The number of hydrogen-bond donors (Lipinski definition) is 2. The largest absolute Gasteiger partial charge is 0.392 e. The molecule has 90 valence electrons. The van der Waals surface area contributed by atoms with Crippen LogP contribution in [0.15, 0.2) is 48.5 Å². The molecule has 3 aromatic rings. The molecule has 0 aliphatic carbocycles. The van der Waals surface area contributed by atoms with Crippen molar-refractivity contribution in [2.75, 3.05) is 0 Å². The smallest absolute Gasteiger partial charge is 0.0693 e. The van der Waals surface area contributed by atoms with Gasteiger partial charge in [-0.3, -0.25) is 0 Å². The molecule has 0 heterocycles. The molecule has 0 radical (unpaired) electrons. The van der Waals surface area contributed by atoms with E-state index in [1.54, 1.807) is 0 Å². The van der Waals surface area contributed by atoms with Crippen LogP contribution in [0.4, 0.5) is 0 Å². The van der Waals surface area contributed by atoms with Gasteiger partial charge in [-0.2, -0.15) is 0 Å². The molecule has 0 atom stereocenters. The summed E-state index contributed by atoms with van der Waals surface area (Å²) in [7, 11) is 0. The molecule has 3 rings (SSSR count). The lowest BCUT2D eigenvalue weighted by Gasteiger charge is -2.10. The van der Waals surface area contributed by atoms with Crippen molar-refractivity contribution in [2.24, 2.45) is 0 Å². The predicted octanol–water partition coefficient (Wildman–Crippen LogP) is 2.98. The van der Waals surface area contributed by atoms with E-state index in [9.17, 15) is 10.2 Å². The average molecular weight is 238 g/mol. The van der Waals surface area contributed by atoms with Crippen LogP contribution in [0.5, 0.6) is 0 Å². The van der Waals surface area contributed by atoms with E-state index in [2.05, 4.69) is 6.07 Å². The molecular weight excluding hydrogens is 224 g/mol. The lowest BCUT2D eigenvalue weighted by atomic mass is 9.96. The summed E-state index contributed by atoms with van der Waals surface area (Å²) < 4.78 is 0. The summed E-state index contributed by atoms with van der Waals surface area (Å²) in [5.41, 5.74) is 1.84. The molecule has 0 saturated carbocycles. The summed E-state index contributed by atoms with van der Waals surface area (Å²) in [4.78, 5) is 0. The van der Waals surface area contributed by atoms with Crippen molar-refractivity contribution in [1.29, 1.82) is 0 Å². The zero-order valence-electron chi connectivity index (χ0n) is 9.93. The van der Waals surface area contributed by atoms with Gasteiger partial charge in [0.2, 0.25) is 0 Å². The van der Waals surface area contributed by atoms with Gasteiger partial charge >= 0.3 is 0 Å². The van der Waals surface area contributed by atoms with Gasteiger partial charge < -0.3 is 10.2 Å². The minimum absolute atomic E-state index is 0.0241. The molecule has 18 heavy (non-hydrogen) atoms. The van der Waals surface area contributed by atoms with Gasteiger partial charge in [0, 0.05) is 0 Å². The van der Waals surface area contributed by atoms with Gasteiger partial charge in [-0.15, -0.1) is 0 Å². The first-order valence-corrected chi connectivity index (χ1v) is 5.98. The minimum Gasteiger partial charge on any atom is -0.392 e. The molecule has 0 fully saturated rings.